The Labute approximate surface area is 70.0 Å². The summed E-state index contributed by atoms with van der Waals surface area (Å²) in [6, 6.07) is -0.224. The van der Waals surface area contributed by atoms with Gasteiger partial charge < -0.3 is 10.6 Å². The summed E-state index contributed by atoms with van der Waals surface area (Å²) < 4.78 is 1.61. The Morgan fingerprint density at radius 1 is 1.75 bits per heavy atom. The van der Waals surface area contributed by atoms with E-state index in [1.165, 1.54) is 6.33 Å². The molecule has 66 valence electrons. The molecule has 0 saturated carbocycles. The van der Waals surface area contributed by atoms with E-state index in [0.29, 0.717) is 6.54 Å². The molecule has 2 N–H and O–H groups in total. The number of hydrogen-bond donors (Lipinski definition) is 2. The summed E-state index contributed by atoms with van der Waals surface area (Å²) in [7, 11) is 3.33. The molecule has 12 heavy (non-hydrogen) atoms. The van der Waals surface area contributed by atoms with Crippen LogP contribution in [0.15, 0.2) is 6.33 Å². The number of nitrogens with one attached hydrogen (secondary N) is 2. The zero-order valence-corrected chi connectivity index (χ0v) is 7.03. The lowest BCUT2D eigenvalue weighted by Crippen LogP contribution is -2.32. The molecule has 0 radical (unpaired) electrons. The maximum absolute atomic E-state index is 10.7. The van der Waals surface area contributed by atoms with Crippen molar-refractivity contribution in [2.75, 3.05) is 7.05 Å². The Balaban J connectivity index is 2.43. The summed E-state index contributed by atoms with van der Waals surface area (Å²) in [6.45, 7) is 0.385. The van der Waals surface area contributed by atoms with Crippen LogP contribution in [0.2, 0.25) is 0 Å². The van der Waals surface area contributed by atoms with Crippen LogP contribution in [-0.2, 0) is 13.6 Å². The average Bonchev–Trinajstić information content (AvgIpc) is 2.47. The Morgan fingerprint density at radius 2 is 2.50 bits per heavy atom. The molecule has 0 saturated heterocycles. The van der Waals surface area contributed by atoms with Crippen LogP contribution in [0.25, 0.3) is 0 Å². The van der Waals surface area contributed by atoms with Crippen LogP contribution in [-0.4, -0.2) is 27.8 Å². The summed E-state index contributed by atoms with van der Waals surface area (Å²) >= 11 is 0. The summed E-state index contributed by atoms with van der Waals surface area (Å²) in [4.78, 5) is 14.7. The second-order valence-electron chi connectivity index (χ2n) is 2.23. The zero-order chi connectivity index (χ0) is 8.97. The third kappa shape index (κ3) is 1.94. The Kier molecular flexibility index (Phi) is 2.62. The Hall–Kier alpha value is -1.59. The molecule has 1 aromatic heterocycles. The number of carbonyl (C=O) groups excluding carboxylic acids is 1. The highest BCUT2D eigenvalue weighted by Gasteiger charge is 2.01. The first-order valence-electron chi connectivity index (χ1n) is 3.52. The molecular formula is C6H11N5O. The van der Waals surface area contributed by atoms with Crippen LogP contribution in [0.1, 0.15) is 5.82 Å². The van der Waals surface area contributed by atoms with Crippen molar-refractivity contribution >= 4 is 6.03 Å². The van der Waals surface area contributed by atoms with E-state index in [0.717, 1.165) is 5.82 Å². The Morgan fingerprint density at radius 3 is 3.00 bits per heavy atom. The molecule has 0 fully saturated rings. The number of aryl methyl sites for hydroxylation is 1. The van der Waals surface area contributed by atoms with E-state index in [-0.39, 0.29) is 6.03 Å². The minimum absolute atomic E-state index is 0.224. The predicted octanol–water partition coefficient (Wildman–Crippen LogP) is -0.756. The molecule has 2 amide bonds. The van der Waals surface area contributed by atoms with Crippen LogP contribution in [0.5, 0.6) is 0 Å². The SMILES string of the molecule is CNC(=O)NCc1ncnn1C. The van der Waals surface area contributed by atoms with Gasteiger partial charge >= 0.3 is 6.03 Å². The van der Waals surface area contributed by atoms with Gasteiger partial charge in [-0.15, -0.1) is 0 Å². The molecule has 0 aliphatic heterocycles. The van der Waals surface area contributed by atoms with Crippen LogP contribution >= 0.6 is 0 Å². The van der Waals surface area contributed by atoms with Gasteiger partial charge in [0.1, 0.15) is 12.2 Å². The van der Waals surface area contributed by atoms with Crippen molar-refractivity contribution in [1.29, 1.82) is 0 Å². The van der Waals surface area contributed by atoms with Gasteiger partial charge in [0.25, 0.3) is 0 Å². The first kappa shape index (κ1) is 8.51. The van der Waals surface area contributed by atoms with Crippen LogP contribution in [0.4, 0.5) is 4.79 Å². The van der Waals surface area contributed by atoms with Crippen molar-refractivity contribution in [2.24, 2.45) is 7.05 Å². The van der Waals surface area contributed by atoms with E-state index in [1.54, 1.807) is 18.8 Å². The highest BCUT2D eigenvalue weighted by atomic mass is 16.2. The highest BCUT2D eigenvalue weighted by molar-refractivity contribution is 5.73. The lowest BCUT2D eigenvalue weighted by atomic mass is 10.6. The van der Waals surface area contributed by atoms with Crippen molar-refractivity contribution in [2.45, 2.75) is 6.54 Å². The number of urea groups is 1. The van der Waals surface area contributed by atoms with Gasteiger partial charge in [-0.2, -0.15) is 5.10 Å². The minimum atomic E-state index is -0.224. The molecule has 0 spiro atoms. The van der Waals surface area contributed by atoms with Crippen LogP contribution in [0, 0.1) is 0 Å². The number of nitrogens with zero attached hydrogens (tertiary/aromatic N) is 3. The number of aromatic nitrogens is 3. The maximum atomic E-state index is 10.7. The molecule has 0 aliphatic carbocycles. The molecule has 0 aliphatic rings. The Bertz CT molecular complexity index is 269. The fourth-order valence-corrected chi connectivity index (χ4v) is 0.728. The summed E-state index contributed by atoms with van der Waals surface area (Å²) in [5, 5.41) is 8.90. The second-order valence-corrected chi connectivity index (χ2v) is 2.23. The standard InChI is InChI=1S/C6H11N5O/c1-7-6(12)8-3-5-9-4-10-11(5)2/h4H,3H2,1-2H3,(H2,7,8,12). The van der Waals surface area contributed by atoms with Gasteiger partial charge in [-0.1, -0.05) is 0 Å². The van der Waals surface area contributed by atoms with Gasteiger partial charge in [0.15, 0.2) is 0 Å². The number of rotatable bonds is 2. The predicted molar refractivity (Wildman–Crippen MR) is 42.3 cm³/mol. The zero-order valence-electron chi connectivity index (χ0n) is 7.03. The molecule has 0 aromatic carbocycles. The quantitative estimate of drug-likeness (QED) is 0.611. The maximum Gasteiger partial charge on any atom is 0.314 e. The van der Waals surface area contributed by atoms with Gasteiger partial charge in [0, 0.05) is 14.1 Å². The summed E-state index contributed by atoms with van der Waals surface area (Å²) in [5.41, 5.74) is 0. The molecule has 6 nitrogen and oxygen atoms in total. The van der Waals surface area contributed by atoms with Crippen molar-refractivity contribution in [3.8, 4) is 0 Å². The normalized spacial score (nSPS) is 9.50. The lowest BCUT2D eigenvalue weighted by Gasteiger charge is -2.02. The fraction of sp³-hybridized carbons (Fsp3) is 0.500. The first-order chi connectivity index (χ1) is 5.74. The van der Waals surface area contributed by atoms with E-state index < -0.39 is 0 Å². The van der Waals surface area contributed by atoms with Crippen molar-refractivity contribution in [1.82, 2.24) is 25.4 Å². The van der Waals surface area contributed by atoms with Gasteiger partial charge in [-0.05, 0) is 0 Å². The molecule has 0 unspecified atom stereocenters. The molecule has 1 aromatic rings. The average molecular weight is 169 g/mol. The third-order valence-electron chi connectivity index (χ3n) is 1.44. The summed E-state index contributed by atoms with van der Waals surface area (Å²) in [5.74, 6) is 0.721. The van der Waals surface area contributed by atoms with Gasteiger partial charge in [-0.3, -0.25) is 4.68 Å². The lowest BCUT2D eigenvalue weighted by molar-refractivity contribution is 0.242. The smallest absolute Gasteiger partial charge is 0.314 e. The molecule has 1 rings (SSSR count). The van der Waals surface area contributed by atoms with E-state index >= 15 is 0 Å². The second kappa shape index (κ2) is 3.70. The van der Waals surface area contributed by atoms with Gasteiger partial charge in [-0.25, -0.2) is 9.78 Å². The third-order valence-corrected chi connectivity index (χ3v) is 1.44. The van der Waals surface area contributed by atoms with Gasteiger partial charge in [0.2, 0.25) is 0 Å². The van der Waals surface area contributed by atoms with Crippen LogP contribution < -0.4 is 10.6 Å². The number of hydrogen-bond acceptors (Lipinski definition) is 3. The van der Waals surface area contributed by atoms with Gasteiger partial charge in [0.05, 0.1) is 6.54 Å². The largest absolute Gasteiger partial charge is 0.341 e. The molecule has 0 bridgehead atoms. The topological polar surface area (TPSA) is 71.8 Å². The van der Waals surface area contributed by atoms with Crippen molar-refractivity contribution in [3.05, 3.63) is 12.2 Å². The number of amides is 2. The highest BCUT2D eigenvalue weighted by Crippen LogP contribution is 1.88. The van der Waals surface area contributed by atoms with E-state index in [9.17, 15) is 4.79 Å². The minimum Gasteiger partial charge on any atom is -0.341 e. The molecular weight excluding hydrogens is 158 g/mol. The summed E-state index contributed by atoms with van der Waals surface area (Å²) in [6.07, 6.45) is 1.45. The van der Waals surface area contributed by atoms with E-state index in [4.69, 9.17) is 0 Å². The molecule has 6 heteroatoms. The molecule has 1 heterocycles. The van der Waals surface area contributed by atoms with E-state index in [1.807, 2.05) is 0 Å². The fourth-order valence-electron chi connectivity index (χ4n) is 0.728. The number of carbonyl (C=O) groups is 1. The van der Waals surface area contributed by atoms with Crippen molar-refractivity contribution in [3.63, 3.8) is 0 Å². The van der Waals surface area contributed by atoms with Crippen molar-refractivity contribution < 1.29 is 4.79 Å². The van der Waals surface area contributed by atoms with Crippen LogP contribution in [0.3, 0.4) is 0 Å². The van der Waals surface area contributed by atoms with E-state index in [2.05, 4.69) is 20.7 Å². The first-order valence-corrected chi connectivity index (χ1v) is 3.52. The monoisotopic (exact) mass is 169 g/mol. The molecule has 0 atom stereocenters.